The van der Waals surface area contributed by atoms with Gasteiger partial charge in [0.25, 0.3) is 0 Å². The molecule has 15 heavy (non-hydrogen) atoms. The molecule has 0 aromatic heterocycles. The van der Waals surface area contributed by atoms with Crippen LogP contribution in [0.5, 0.6) is 0 Å². The molecule has 2 unspecified atom stereocenters. The van der Waals surface area contributed by atoms with Crippen LogP contribution in [0.3, 0.4) is 0 Å². The van der Waals surface area contributed by atoms with Crippen molar-refractivity contribution in [3.8, 4) is 0 Å². The Morgan fingerprint density at radius 2 is 2.27 bits per heavy atom. The van der Waals surface area contributed by atoms with E-state index in [1.165, 1.54) is 6.42 Å². The molecule has 1 spiro atoms. The lowest BCUT2D eigenvalue weighted by Gasteiger charge is -2.50. The van der Waals surface area contributed by atoms with E-state index in [9.17, 15) is 4.39 Å². The highest BCUT2D eigenvalue weighted by atomic mass is 19.1. The first-order valence-corrected chi connectivity index (χ1v) is 6.17. The molecule has 2 N–H and O–H groups in total. The molecule has 1 saturated carbocycles. The highest BCUT2D eigenvalue weighted by Crippen LogP contribution is 2.48. The first-order valence-electron chi connectivity index (χ1n) is 6.17. The average Bonchev–Trinajstić information content (AvgIpc) is 2.26. The van der Waals surface area contributed by atoms with Gasteiger partial charge in [0, 0.05) is 13.2 Å². The molecule has 2 rings (SSSR count). The maximum Gasteiger partial charge on any atom is 0.125 e. The third-order valence-electron chi connectivity index (χ3n) is 4.42. The second-order valence-electron chi connectivity index (χ2n) is 5.17. The van der Waals surface area contributed by atoms with E-state index in [1.807, 2.05) is 6.92 Å². The molecule has 1 saturated heterocycles. The van der Waals surface area contributed by atoms with Crippen molar-refractivity contribution in [1.82, 2.24) is 0 Å². The molecular formula is C12H22FNO. The number of nitrogens with two attached hydrogens (primary N) is 1. The monoisotopic (exact) mass is 215 g/mol. The smallest absolute Gasteiger partial charge is 0.125 e. The van der Waals surface area contributed by atoms with E-state index in [-0.39, 0.29) is 18.1 Å². The van der Waals surface area contributed by atoms with Crippen LogP contribution in [0.1, 0.15) is 45.4 Å². The van der Waals surface area contributed by atoms with Crippen molar-refractivity contribution in [2.24, 2.45) is 11.7 Å². The van der Waals surface area contributed by atoms with E-state index in [4.69, 9.17) is 10.5 Å². The standard InChI is InChI=1S/C12H22FNO/c1-2-12(13,9-14)10-4-7-15-11(8-10)5-3-6-11/h10H,2-9,14H2,1H3. The fraction of sp³-hybridized carbons (Fsp3) is 1.00. The lowest BCUT2D eigenvalue weighted by atomic mass is 9.68. The Balaban J connectivity index is 2.03. The van der Waals surface area contributed by atoms with Crippen LogP contribution < -0.4 is 5.73 Å². The van der Waals surface area contributed by atoms with E-state index in [0.717, 1.165) is 32.3 Å². The zero-order chi connectivity index (χ0) is 10.9. The maximum absolute atomic E-state index is 14.5. The summed E-state index contributed by atoms with van der Waals surface area (Å²) in [5, 5.41) is 0. The molecule has 0 aromatic rings. The Morgan fingerprint density at radius 3 is 2.73 bits per heavy atom. The van der Waals surface area contributed by atoms with Gasteiger partial charge in [0.05, 0.1) is 5.60 Å². The first kappa shape index (κ1) is 11.3. The van der Waals surface area contributed by atoms with Crippen LogP contribution in [0.2, 0.25) is 0 Å². The Labute approximate surface area is 91.4 Å². The van der Waals surface area contributed by atoms with Gasteiger partial charge in [0.15, 0.2) is 0 Å². The van der Waals surface area contributed by atoms with Crippen molar-refractivity contribution < 1.29 is 9.13 Å². The van der Waals surface area contributed by atoms with Crippen LogP contribution in [0.4, 0.5) is 4.39 Å². The number of hydrogen-bond donors (Lipinski definition) is 1. The lowest BCUT2D eigenvalue weighted by Crippen LogP contribution is -2.52. The molecule has 88 valence electrons. The molecule has 1 aliphatic heterocycles. The lowest BCUT2D eigenvalue weighted by molar-refractivity contribution is -0.162. The van der Waals surface area contributed by atoms with Gasteiger partial charge in [0.1, 0.15) is 5.67 Å². The van der Waals surface area contributed by atoms with Crippen molar-refractivity contribution in [2.45, 2.75) is 56.7 Å². The van der Waals surface area contributed by atoms with Crippen LogP contribution in [0.25, 0.3) is 0 Å². The summed E-state index contributed by atoms with van der Waals surface area (Å²) >= 11 is 0. The molecule has 0 radical (unpaired) electrons. The van der Waals surface area contributed by atoms with Crippen LogP contribution in [-0.2, 0) is 4.74 Å². The topological polar surface area (TPSA) is 35.2 Å². The predicted molar refractivity (Wildman–Crippen MR) is 58.4 cm³/mol. The molecule has 1 aliphatic carbocycles. The van der Waals surface area contributed by atoms with Crippen molar-refractivity contribution in [2.75, 3.05) is 13.2 Å². The van der Waals surface area contributed by atoms with Crippen molar-refractivity contribution >= 4 is 0 Å². The minimum Gasteiger partial charge on any atom is -0.375 e. The summed E-state index contributed by atoms with van der Waals surface area (Å²) in [6.45, 7) is 2.77. The van der Waals surface area contributed by atoms with E-state index < -0.39 is 5.67 Å². The van der Waals surface area contributed by atoms with E-state index in [2.05, 4.69) is 0 Å². The van der Waals surface area contributed by atoms with Crippen LogP contribution in [-0.4, -0.2) is 24.4 Å². The largest absolute Gasteiger partial charge is 0.375 e. The van der Waals surface area contributed by atoms with Crippen molar-refractivity contribution in [3.05, 3.63) is 0 Å². The zero-order valence-corrected chi connectivity index (χ0v) is 9.60. The predicted octanol–water partition coefficient (Wildman–Crippen LogP) is 2.41. The maximum atomic E-state index is 14.5. The number of rotatable bonds is 3. The van der Waals surface area contributed by atoms with Crippen LogP contribution in [0.15, 0.2) is 0 Å². The van der Waals surface area contributed by atoms with Crippen molar-refractivity contribution in [1.29, 1.82) is 0 Å². The fourth-order valence-electron chi connectivity index (χ4n) is 2.99. The second-order valence-corrected chi connectivity index (χ2v) is 5.17. The summed E-state index contributed by atoms with van der Waals surface area (Å²) in [4.78, 5) is 0. The number of alkyl halides is 1. The van der Waals surface area contributed by atoms with Gasteiger partial charge in [-0.3, -0.25) is 0 Å². The molecule has 1 heterocycles. The Kier molecular flexibility index (Phi) is 3.04. The third kappa shape index (κ3) is 1.92. The van der Waals surface area contributed by atoms with Gasteiger partial charge in [-0.2, -0.15) is 0 Å². The summed E-state index contributed by atoms with van der Waals surface area (Å²) < 4.78 is 20.3. The van der Waals surface area contributed by atoms with Crippen LogP contribution in [0, 0.1) is 5.92 Å². The highest BCUT2D eigenvalue weighted by molar-refractivity contribution is 4.99. The minimum atomic E-state index is -1.16. The number of halogens is 1. The molecule has 0 amide bonds. The van der Waals surface area contributed by atoms with Gasteiger partial charge in [-0.25, -0.2) is 4.39 Å². The quantitative estimate of drug-likeness (QED) is 0.784. The van der Waals surface area contributed by atoms with Gasteiger partial charge in [0.2, 0.25) is 0 Å². The normalized spacial score (nSPS) is 33.4. The van der Waals surface area contributed by atoms with E-state index >= 15 is 0 Å². The number of ether oxygens (including phenoxy) is 1. The number of hydrogen-bond acceptors (Lipinski definition) is 2. The summed E-state index contributed by atoms with van der Waals surface area (Å²) in [6, 6.07) is 0. The van der Waals surface area contributed by atoms with Gasteiger partial charge in [-0.05, 0) is 44.4 Å². The van der Waals surface area contributed by atoms with E-state index in [0.29, 0.717) is 6.42 Å². The molecule has 3 heteroatoms. The summed E-state index contributed by atoms with van der Waals surface area (Å²) in [7, 11) is 0. The summed E-state index contributed by atoms with van der Waals surface area (Å²) in [5.41, 5.74) is 4.45. The molecular weight excluding hydrogens is 193 g/mol. The van der Waals surface area contributed by atoms with Crippen LogP contribution >= 0.6 is 0 Å². The van der Waals surface area contributed by atoms with Crippen molar-refractivity contribution in [3.63, 3.8) is 0 Å². The van der Waals surface area contributed by atoms with E-state index in [1.54, 1.807) is 0 Å². The Morgan fingerprint density at radius 1 is 1.53 bits per heavy atom. The molecule has 2 nitrogen and oxygen atoms in total. The SMILES string of the molecule is CCC(F)(CN)C1CCOC2(CCC2)C1. The van der Waals surface area contributed by atoms with Gasteiger partial charge < -0.3 is 10.5 Å². The van der Waals surface area contributed by atoms with Gasteiger partial charge in [-0.15, -0.1) is 0 Å². The Bertz CT molecular complexity index is 224. The summed E-state index contributed by atoms with van der Waals surface area (Å²) in [5.74, 6) is 0.113. The molecule has 2 fully saturated rings. The highest BCUT2D eigenvalue weighted by Gasteiger charge is 2.48. The molecule has 0 bridgehead atoms. The third-order valence-corrected chi connectivity index (χ3v) is 4.42. The molecule has 2 atom stereocenters. The van der Waals surface area contributed by atoms with Gasteiger partial charge >= 0.3 is 0 Å². The average molecular weight is 215 g/mol. The summed E-state index contributed by atoms with van der Waals surface area (Å²) in [6.07, 6.45) is 5.73. The first-order chi connectivity index (χ1) is 7.14. The second kappa shape index (κ2) is 4.02. The van der Waals surface area contributed by atoms with Gasteiger partial charge in [-0.1, -0.05) is 6.92 Å². The Hall–Kier alpha value is -0.150. The molecule has 2 aliphatic rings. The molecule has 0 aromatic carbocycles. The minimum absolute atomic E-state index is 0.0323. The zero-order valence-electron chi connectivity index (χ0n) is 9.60. The fourth-order valence-corrected chi connectivity index (χ4v) is 2.99.